The highest BCUT2D eigenvalue weighted by Crippen LogP contribution is 2.36. The van der Waals surface area contributed by atoms with Gasteiger partial charge in [0.15, 0.2) is 11.6 Å². The summed E-state index contributed by atoms with van der Waals surface area (Å²) in [6.07, 6.45) is 0. The fourth-order valence-corrected chi connectivity index (χ4v) is 5.46. The molecule has 0 aliphatic rings. The standard InChI is InChI=1S/C32H20N4S/c1-3-11-21(12-4-1)29-23-15-7-9-17-25(23)33-31(35-29)27-19-20-28(37-27)32-34-26-18-10-8-16-24(26)30(36-32)22-13-5-2-6-14-22/h1-20H. The van der Waals surface area contributed by atoms with Crippen LogP contribution in [0.1, 0.15) is 0 Å². The average molecular weight is 493 g/mol. The van der Waals surface area contributed by atoms with Crippen molar-refractivity contribution in [1.82, 2.24) is 19.9 Å². The zero-order valence-electron chi connectivity index (χ0n) is 19.7. The van der Waals surface area contributed by atoms with Gasteiger partial charge in [-0.1, -0.05) is 97.1 Å². The van der Waals surface area contributed by atoms with Crippen molar-refractivity contribution in [2.75, 3.05) is 0 Å². The molecule has 0 fully saturated rings. The van der Waals surface area contributed by atoms with Crippen molar-refractivity contribution in [3.63, 3.8) is 0 Å². The topological polar surface area (TPSA) is 51.6 Å². The molecule has 5 heteroatoms. The van der Waals surface area contributed by atoms with E-state index in [2.05, 4.69) is 48.5 Å². The quantitative estimate of drug-likeness (QED) is 0.248. The van der Waals surface area contributed by atoms with Crippen LogP contribution in [0.5, 0.6) is 0 Å². The fourth-order valence-electron chi connectivity index (χ4n) is 4.58. The first-order valence-corrected chi connectivity index (χ1v) is 12.9. The number of para-hydroxylation sites is 2. The summed E-state index contributed by atoms with van der Waals surface area (Å²) in [5.74, 6) is 1.41. The lowest BCUT2D eigenvalue weighted by atomic mass is 10.1. The van der Waals surface area contributed by atoms with Crippen molar-refractivity contribution in [2.45, 2.75) is 0 Å². The molecule has 7 rings (SSSR count). The van der Waals surface area contributed by atoms with Gasteiger partial charge in [0.05, 0.1) is 32.2 Å². The lowest BCUT2D eigenvalue weighted by Gasteiger charge is -2.09. The van der Waals surface area contributed by atoms with Crippen LogP contribution in [0.3, 0.4) is 0 Å². The molecular weight excluding hydrogens is 472 g/mol. The number of benzene rings is 4. The molecule has 4 aromatic carbocycles. The lowest BCUT2D eigenvalue weighted by Crippen LogP contribution is -1.94. The minimum Gasteiger partial charge on any atom is -0.227 e. The molecule has 0 radical (unpaired) electrons. The lowest BCUT2D eigenvalue weighted by molar-refractivity contribution is 1.24. The van der Waals surface area contributed by atoms with Crippen LogP contribution in [0.15, 0.2) is 121 Å². The predicted octanol–water partition coefficient (Wildman–Crippen LogP) is 8.30. The van der Waals surface area contributed by atoms with Gasteiger partial charge in [0.25, 0.3) is 0 Å². The molecule has 174 valence electrons. The van der Waals surface area contributed by atoms with Gasteiger partial charge in [-0.05, 0) is 24.3 Å². The maximum absolute atomic E-state index is 5.02. The highest BCUT2D eigenvalue weighted by atomic mass is 32.1. The van der Waals surface area contributed by atoms with Gasteiger partial charge < -0.3 is 0 Å². The van der Waals surface area contributed by atoms with Gasteiger partial charge >= 0.3 is 0 Å². The molecule has 0 aliphatic heterocycles. The van der Waals surface area contributed by atoms with E-state index in [0.29, 0.717) is 11.6 Å². The highest BCUT2D eigenvalue weighted by molar-refractivity contribution is 7.18. The molecule has 0 saturated carbocycles. The SMILES string of the molecule is c1ccc(-c2nc(-c3ccc(-c4nc(-c5ccccc5)c5ccccc5n4)s3)nc3ccccc23)cc1. The van der Waals surface area contributed by atoms with Crippen LogP contribution in [-0.2, 0) is 0 Å². The van der Waals surface area contributed by atoms with Crippen molar-refractivity contribution < 1.29 is 0 Å². The molecule has 0 spiro atoms. The van der Waals surface area contributed by atoms with Crippen molar-refractivity contribution in [3.8, 4) is 43.9 Å². The Bertz CT molecular complexity index is 1740. The average Bonchev–Trinajstić information content (AvgIpc) is 3.48. The Morgan fingerprint density at radius 2 is 0.784 bits per heavy atom. The van der Waals surface area contributed by atoms with Gasteiger partial charge in [-0.2, -0.15) is 0 Å². The molecule has 0 amide bonds. The van der Waals surface area contributed by atoms with Gasteiger partial charge in [0, 0.05) is 21.9 Å². The molecule has 0 N–H and O–H groups in total. The zero-order valence-corrected chi connectivity index (χ0v) is 20.6. The van der Waals surface area contributed by atoms with Crippen molar-refractivity contribution in [3.05, 3.63) is 121 Å². The van der Waals surface area contributed by atoms with Crippen LogP contribution in [0.4, 0.5) is 0 Å². The summed E-state index contributed by atoms with van der Waals surface area (Å²) in [7, 11) is 0. The normalized spacial score (nSPS) is 11.2. The molecule has 0 bridgehead atoms. The van der Waals surface area contributed by atoms with Crippen LogP contribution in [0.25, 0.3) is 65.7 Å². The predicted molar refractivity (Wildman–Crippen MR) is 152 cm³/mol. The minimum absolute atomic E-state index is 0.706. The molecule has 7 aromatic rings. The number of nitrogens with zero attached hydrogens (tertiary/aromatic N) is 4. The Morgan fingerprint density at radius 3 is 1.24 bits per heavy atom. The van der Waals surface area contributed by atoms with Crippen LogP contribution >= 0.6 is 11.3 Å². The van der Waals surface area contributed by atoms with Crippen LogP contribution in [-0.4, -0.2) is 19.9 Å². The van der Waals surface area contributed by atoms with E-state index in [9.17, 15) is 0 Å². The zero-order chi connectivity index (χ0) is 24.6. The summed E-state index contributed by atoms with van der Waals surface area (Å²) in [6.45, 7) is 0. The van der Waals surface area contributed by atoms with E-state index in [1.807, 2.05) is 72.8 Å². The van der Waals surface area contributed by atoms with E-state index in [0.717, 1.165) is 54.1 Å². The van der Waals surface area contributed by atoms with Gasteiger partial charge in [-0.25, -0.2) is 19.9 Å². The van der Waals surface area contributed by atoms with Gasteiger partial charge in [-0.3, -0.25) is 0 Å². The van der Waals surface area contributed by atoms with E-state index >= 15 is 0 Å². The third-order valence-corrected chi connectivity index (χ3v) is 7.42. The number of aromatic nitrogens is 4. The Morgan fingerprint density at radius 1 is 0.378 bits per heavy atom. The summed E-state index contributed by atoms with van der Waals surface area (Å²) in [4.78, 5) is 21.8. The number of hydrogen-bond acceptors (Lipinski definition) is 5. The summed E-state index contributed by atoms with van der Waals surface area (Å²) < 4.78 is 0. The largest absolute Gasteiger partial charge is 0.227 e. The van der Waals surface area contributed by atoms with E-state index < -0.39 is 0 Å². The number of hydrogen-bond donors (Lipinski definition) is 0. The first-order chi connectivity index (χ1) is 18.3. The van der Waals surface area contributed by atoms with E-state index in [4.69, 9.17) is 19.9 Å². The van der Waals surface area contributed by atoms with Gasteiger partial charge in [0.1, 0.15) is 0 Å². The third-order valence-electron chi connectivity index (χ3n) is 6.35. The van der Waals surface area contributed by atoms with E-state index in [1.165, 1.54) is 0 Å². The molecular formula is C32H20N4S. The van der Waals surface area contributed by atoms with E-state index in [-0.39, 0.29) is 0 Å². The third kappa shape index (κ3) is 3.96. The molecule has 0 atom stereocenters. The maximum atomic E-state index is 5.02. The molecule has 3 heterocycles. The van der Waals surface area contributed by atoms with Gasteiger partial charge in [-0.15, -0.1) is 11.3 Å². The Labute approximate surface area is 218 Å². The summed E-state index contributed by atoms with van der Waals surface area (Å²) in [5.41, 5.74) is 5.87. The number of thiophene rings is 1. The number of rotatable bonds is 4. The fraction of sp³-hybridized carbons (Fsp3) is 0. The Balaban J connectivity index is 1.37. The van der Waals surface area contributed by atoms with Crippen molar-refractivity contribution in [1.29, 1.82) is 0 Å². The first-order valence-electron chi connectivity index (χ1n) is 12.1. The maximum Gasteiger partial charge on any atom is 0.170 e. The minimum atomic E-state index is 0.706. The van der Waals surface area contributed by atoms with Crippen molar-refractivity contribution in [2.24, 2.45) is 0 Å². The molecule has 3 aromatic heterocycles. The highest BCUT2D eigenvalue weighted by Gasteiger charge is 2.16. The molecule has 0 saturated heterocycles. The van der Waals surface area contributed by atoms with E-state index in [1.54, 1.807) is 11.3 Å². The molecule has 4 nitrogen and oxygen atoms in total. The molecule has 0 unspecified atom stereocenters. The number of fused-ring (bicyclic) bond motifs is 2. The summed E-state index contributed by atoms with van der Waals surface area (Å²) >= 11 is 1.61. The van der Waals surface area contributed by atoms with Crippen LogP contribution in [0.2, 0.25) is 0 Å². The van der Waals surface area contributed by atoms with Gasteiger partial charge in [0.2, 0.25) is 0 Å². The molecule has 37 heavy (non-hydrogen) atoms. The van der Waals surface area contributed by atoms with Crippen LogP contribution in [0, 0.1) is 0 Å². The Hall–Kier alpha value is -4.74. The second kappa shape index (κ2) is 9.04. The molecule has 0 aliphatic carbocycles. The second-order valence-electron chi connectivity index (χ2n) is 8.72. The van der Waals surface area contributed by atoms with Crippen molar-refractivity contribution >= 4 is 33.1 Å². The smallest absolute Gasteiger partial charge is 0.170 e. The Kier molecular flexibility index (Phi) is 5.26. The second-order valence-corrected chi connectivity index (χ2v) is 9.81. The monoisotopic (exact) mass is 492 g/mol. The first kappa shape index (κ1) is 21.5. The van der Waals surface area contributed by atoms with Crippen LogP contribution < -0.4 is 0 Å². The summed E-state index contributed by atoms with van der Waals surface area (Å²) in [6, 6.07) is 41.0. The summed E-state index contributed by atoms with van der Waals surface area (Å²) in [5, 5.41) is 2.08.